The van der Waals surface area contributed by atoms with E-state index >= 15 is 0 Å². The molecule has 0 aromatic carbocycles. The number of allylic oxidation sites excluding steroid dienone is 3. The number of rotatable bonds is 31. The van der Waals surface area contributed by atoms with Gasteiger partial charge in [0.1, 0.15) is 36.6 Å². The number of hydrogen-bond donors (Lipinski definition) is 9. The zero-order valence-corrected chi connectivity index (χ0v) is 32.6. The summed E-state index contributed by atoms with van der Waals surface area (Å²) in [4.78, 5) is 23.2. The van der Waals surface area contributed by atoms with E-state index in [0.29, 0.717) is 12.8 Å². The maximum absolute atomic E-state index is 12.9. The minimum atomic E-state index is -5.13. The van der Waals surface area contributed by atoms with Crippen molar-refractivity contribution < 1.29 is 59.0 Å². The number of carbonyl (C=O) groups is 1. The van der Waals surface area contributed by atoms with Crippen LogP contribution in [0.5, 0.6) is 0 Å². The van der Waals surface area contributed by atoms with Gasteiger partial charge in [0, 0.05) is 0 Å². The summed E-state index contributed by atoms with van der Waals surface area (Å²) in [5.74, 6) is -0.603. The van der Waals surface area contributed by atoms with Crippen LogP contribution in [-0.2, 0) is 18.4 Å². The normalized spacial score (nSPS) is 25.3. The van der Waals surface area contributed by atoms with Gasteiger partial charge in [-0.1, -0.05) is 122 Å². The van der Waals surface area contributed by atoms with E-state index in [1.165, 1.54) is 57.4 Å². The first-order chi connectivity index (χ1) is 24.8. The molecule has 0 radical (unpaired) electrons. The fourth-order valence-corrected chi connectivity index (χ4v) is 7.14. The van der Waals surface area contributed by atoms with E-state index in [0.717, 1.165) is 64.2 Å². The van der Waals surface area contributed by atoms with Gasteiger partial charge >= 0.3 is 7.82 Å². The predicted molar refractivity (Wildman–Crippen MR) is 201 cm³/mol. The van der Waals surface area contributed by atoms with Crippen molar-refractivity contribution in [1.82, 2.24) is 5.32 Å². The van der Waals surface area contributed by atoms with E-state index in [1.54, 1.807) is 6.08 Å². The molecular weight excluding hydrogens is 693 g/mol. The Balaban J connectivity index is 2.63. The first-order valence-electron chi connectivity index (χ1n) is 19.9. The van der Waals surface area contributed by atoms with Gasteiger partial charge in [0.05, 0.1) is 31.3 Å². The Bertz CT molecular complexity index is 1000. The van der Waals surface area contributed by atoms with Gasteiger partial charge in [-0.25, -0.2) is 4.57 Å². The third-order valence-corrected chi connectivity index (χ3v) is 10.5. The lowest BCUT2D eigenvalue weighted by Crippen LogP contribution is -2.64. The van der Waals surface area contributed by atoms with Gasteiger partial charge in [-0.2, -0.15) is 0 Å². The highest BCUT2D eigenvalue weighted by Gasteiger charge is 2.51. The van der Waals surface area contributed by atoms with Crippen molar-refractivity contribution in [1.29, 1.82) is 0 Å². The average molecular weight is 766 g/mol. The van der Waals surface area contributed by atoms with E-state index in [1.807, 2.05) is 0 Å². The molecule has 9 N–H and O–H groups in total. The molecule has 0 spiro atoms. The first kappa shape index (κ1) is 48.8. The van der Waals surface area contributed by atoms with Gasteiger partial charge < -0.3 is 46.0 Å². The van der Waals surface area contributed by atoms with Crippen molar-refractivity contribution >= 4 is 13.7 Å². The van der Waals surface area contributed by atoms with E-state index in [-0.39, 0.29) is 6.42 Å². The quantitative estimate of drug-likeness (QED) is 0.0262. The highest BCUT2D eigenvalue weighted by Crippen LogP contribution is 2.47. The van der Waals surface area contributed by atoms with Gasteiger partial charge in [0.25, 0.3) is 0 Å². The Labute approximate surface area is 312 Å². The molecular formula is C38H72NO12P. The van der Waals surface area contributed by atoms with E-state index < -0.39 is 75.2 Å². The van der Waals surface area contributed by atoms with Crippen LogP contribution in [-0.4, -0.2) is 108 Å². The molecule has 1 aliphatic rings. The van der Waals surface area contributed by atoms with Crippen LogP contribution in [0.4, 0.5) is 0 Å². The lowest BCUT2D eigenvalue weighted by atomic mass is 9.85. The number of unbranched alkanes of at least 4 members (excludes halogenated alkanes) is 16. The van der Waals surface area contributed by atoms with Crippen molar-refractivity contribution in [2.24, 2.45) is 0 Å². The molecule has 1 amide bonds. The van der Waals surface area contributed by atoms with Gasteiger partial charge in [-0.05, 0) is 44.9 Å². The summed E-state index contributed by atoms with van der Waals surface area (Å²) in [6.45, 7) is 3.64. The molecule has 0 aromatic rings. The highest BCUT2D eigenvalue weighted by molar-refractivity contribution is 7.47. The maximum Gasteiger partial charge on any atom is 0.472 e. The lowest BCUT2D eigenvalue weighted by molar-refractivity contribution is -0.220. The summed E-state index contributed by atoms with van der Waals surface area (Å²) in [5.41, 5.74) is 0. The second-order valence-corrected chi connectivity index (χ2v) is 15.7. The number of hydrogen-bond acceptors (Lipinski definition) is 11. The van der Waals surface area contributed by atoms with Crippen LogP contribution in [0, 0.1) is 0 Å². The van der Waals surface area contributed by atoms with Crippen molar-refractivity contribution in [3.63, 3.8) is 0 Å². The van der Waals surface area contributed by atoms with Crippen LogP contribution in [0.3, 0.4) is 0 Å². The van der Waals surface area contributed by atoms with Crippen LogP contribution in [0.25, 0.3) is 0 Å². The Morgan fingerprint density at radius 3 is 1.65 bits per heavy atom. The monoisotopic (exact) mass is 765 g/mol. The number of carbonyl (C=O) groups excluding carboxylic acids is 1. The number of phosphoric acid groups is 1. The fourth-order valence-electron chi connectivity index (χ4n) is 6.17. The van der Waals surface area contributed by atoms with Gasteiger partial charge in [0.2, 0.25) is 5.91 Å². The minimum absolute atomic E-state index is 0.250. The van der Waals surface area contributed by atoms with Crippen molar-refractivity contribution in [3.8, 4) is 0 Å². The number of aliphatic hydroxyl groups is 7. The Morgan fingerprint density at radius 1 is 0.673 bits per heavy atom. The van der Waals surface area contributed by atoms with Crippen LogP contribution in [0.2, 0.25) is 0 Å². The minimum Gasteiger partial charge on any atom is -0.393 e. The molecule has 0 heterocycles. The van der Waals surface area contributed by atoms with E-state index in [9.17, 15) is 50.0 Å². The zero-order valence-electron chi connectivity index (χ0n) is 31.7. The van der Waals surface area contributed by atoms with Crippen LogP contribution < -0.4 is 5.32 Å². The second kappa shape index (κ2) is 29.1. The summed E-state index contributed by atoms with van der Waals surface area (Å²) < 4.78 is 22.7. The topological polar surface area (TPSA) is 226 Å². The van der Waals surface area contributed by atoms with E-state index in [2.05, 4.69) is 31.3 Å². The third kappa shape index (κ3) is 21.6. The first-order valence-corrected chi connectivity index (χ1v) is 21.4. The molecule has 14 heteroatoms. The standard InChI is InChI=1S/C38H72NO12P/c1-3-5-7-9-11-13-14-15-16-18-19-21-23-25-29(40)27-32(42)39-30(31(41)26-24-22-20-17-12-10-8-6-4-2)28-50-52(48,49)51-38-36(46)34(44)33(43)35(45)37(38)47/h13-14,24,26,29-31,33-38,40-41,43-47H,3-12,15-23,25,27-28H2,1-2H3,(H,39,42)(H,48,49)/b14-13-,26-24+. The molecule has 52 heavy (non-hydrogen) atoms. The lowest BCUT2D eigenvalue weighted by Gasteiger charge is -2.41. The molecule has 0 aliphatic heterocycles. The zero-order chi connectivity index (χ0) is 38.8. The maximum atomic E-state index is 12.9. The fraction of sp³-hybridized carbons (Fsp3) is 0.868. The summed E-state index contributed by atoms with van der Waals surface area (Å²) in [5, 5.41) is 73.9. The van der Waals surface area contributed by atoms with Gasteiger partial charge in [0.15, 0.2) is 0 Å². The SMILES string of the molecule is CCCCCC/C=C\CCCCCCCC(O)CC(=O)NC(COP(=O)(O)OC1C(O)C(O)C(O)C(O)C1O)C(O)/C=C/CCCCCCCCC. The van der Waals surface area contributed by atoms with Crippen LogP contribution in [0.1, 0.15) is 149 Å². The predicted octanol–water partition coefficient (Wildman–Crippen LogP) is 4.86. The van der Waals surface area contributed by atoms with Gasteiger partial charge in [-0.15, -0.1) is 0 Å². The van der Waals surface area contributed by atoms with Crippen molar-refractivity contribution in [3.05, 3.63) is 24.3 Å². The number of amides is 1. The van der Waals surface area contributed by atoms with E-state index in [4.69, 9.17) is 9.05 Å². The molecule has 8 atom stereocenters. The molecule has 306 valence electrons. The Kier molecular flexibility index (Phi) is 27.3. The second-order valence-electron chi connectivity index (χ2n) is 14.3. The molecule has 1 saturated carbocycles. The van der Waals surface area contributed by atoms with Crippen molar-refractivity contribution in [2.75, 3.05) is 6.61 Å². The highest BCUT2D eigenvalue weighted by atomic mass is 31.2. The smallest absolute Gasteiger partial charge is 0.393 e. The molecule has 13 nitrogen and oxygen atoms in total. The summed E-state index contributed by atoms with van der Waals surface area (Å²) in [6.07, 6.45) is 14.4. The summed E-state index contributed by atoms with van der Waals surface area (Å²) in [7, 11) is -5.13. The van der Waals surface area contributed by atoms with Gasteiger partial charge in [-0.3, -0.25) is 13.8 Å². The average Bonchev–Trinajstić information content (AvgIpc) is 3.11. The molecule has 1 fully saturated rings. The summed E-state index contributed by atoms with van der Waals surface area (Å²) >= 11 is 0. The largest absolute Gasteiger partial charge is 0.472 e. The third-order valence-electron chi connectivity index (χ3n) is 9.53. The molecule has 0 aromatic heterocycles. The molecule has 1 aliphatic carbocycles. The molecule has 0 saturated heterocycles. The number of phosphoric ester groups is 1. The Morgan fingerprint density at radius 2 is 1.12 bits per heavy atom. The molecule has 0 bridgehead atoms. The molecule has 1 rings (SSSR count). The van der Waals surface area contributed by atoms with Crippen LogP contribution in [0.15, 0.2) is 24.3 Å². The van der Waals surface area contributed by atoms with Crippen LogP contribution >= 0.6 is 7.82 Å². The number of nitrogens with one attached hydrogen (secondary N) is 1. The number of aliphatic hydroxyl groups excluding tert-OH is 7. The summed E-state index contributed by atoms with van der Waals surface area (Å²) in [6, 6.07) is -1.24. The molecule has 8 unspecified atom stereocenters. The Hall–Kier alpha value is -1.22. The van der Waals surface area contributed by atoms with Crippen molar-refractivity contribution in [2.45, 2.75) is 204 Å².